The largest absolute Gasteiger partial charge is 0.371 e. The topological polar surface area (TPSA) is 58.1 Å². The van der Waals surface area contributed by atoms with Gasteiger partial charge in [-0.2, -0.15) is 0 Å². The lowest BCUT2D eigenvalue weighted by Gasteiger charge is -2.19. The zero-order chi connectivity index (χ0) is 19.3. The van der Waals surface area contributed by atoms with Gasteiger partial charge in [0.25, 0.3) is 5.91 Å². The Kier molecular flexibility index (Phi) is 5.33. The van der Waals surface area contributed by atoms with Crippen LogP contribution in [0.5, 0.6) is 0 Å². The standard InChI is InChI=1S/C23H24N4O/c1-17-3-2-4-22(11-17)27-10-9-18(15-27)12-26-23(28)20-7-5-19(6-8-20)21-13-24-16-25-14-21/h2-8,11,13-14,16,18H,9-10,12,15H2,1H3,(H,26,28)/t18-/m1/s1. The van der Waals surface area contributed by atoms with Crippen molar-refractivity contribution in [1.82, 2.24) is 15.3 Å². The van der Waals surface area contributed by atoms with E-state index in [1.165, 1.54) is 17.6 Å². The second-order valence-corrected chi connectivity index (χ2v) is 7.35. The predicted molar refractivity (Wildman–Crippen MR) is 111 cm³/mol. The molecule has 1 saturated heterocycles. The molecule has 1 aliphatic rings. The molecule has 1 amide bonds. The summed E-state index contributed by atoms with van der Waals surface area (Å²) in [6.07, 6.45) is 6.14. The molecule has 5 nitrogen and oxygen atoms in total. The average Bonchev–Trinajstić information content (AvgIpc) is 3.22. The van der Waals surface area contributed by atoms with Crippen LogP contribution in [0.25, 0.3) is 11.1 Å². The first-order valence-corrected chi connectivity index (χ1v) is 9.64. The molecule has 0 bridgehead atoms. The number of carbonyl (C=O) groups excluding carboxylic acids is 1. The van der Waals surface area contributed by atoms with Gasteiger partial charge in [-0.1, -0.05) is 24.3 Å². The minimum absolute atomic E-state index is 0.0233. The summed E-state index contributed by atoms with van der Waals surface area (Å²) in [7, 11) is 0. The van der Waals surface area contributed by atoms with E-state index in [0.29, 0.717) is 18.0 Å². The maximum absolute atomic E-state index is 12.5. The Morgan fingerprint density at radius 2 is 1.89 bits per heavy atom. The van der Waals surface area contributed by atoms with Crippen molar-refractivity contribution >= 4 is 11.6 Å². The van der Waals surface area contributed by atoms with Gasteiger partial charge in [-0.3, -0.25) is 4.79 Å². The molecule has 0 spiro atoms. The summed E-state index contributed by atoms with van der Waals surface area (Å²) in [6.45, 7) is 4.84. The zero-order valence-electron chi connectivity index (χ0n) is 16.0. The Morgan fingerprint density at radius 3 is 2.64 bits per heavy atom. The number of nitrogens with one attached hydrogen (secondary N) is 1. The molecule has 1 aliphatic heterocycles. The van der Waals surface area contributed by atoms with E-state index < -0.39 is 0 Å². The maximum Gasteiger partial charge on any atom is 0.251 e. The highest BCUT2D eigenvalue weighted by molar-refractivity contribution is 5.94. The lowest BCUT2D eigenvalue weighted by molar-refractivity contribution is 0.0948. The Bertz CT molecular complexity index is 940. The molecule has 4 rings (SSSR count). The minimum Gasteiger partial charge on any atom is -0.371 e. The van der Waals surface area contributed by atoms with E-state index in [2.05, 4.69) is 51.4 Å². The molecule has 2 heterocycles. The van der Waals surface area contributed by atoms with Crippen LogP contribution in [-0.4, -0.2) is 35.5 Å². The van der Waals surface area contributed by atoms with Crippen LogP contribution < -0.4 is 10.2 Å². The van der Waals surface area contributed by atoms with Crippen molar-refractivity contribution in [2.45, 2.75) is 13.3 Å². The Balaban J connectivity index is 1.31. The number of aromatic nitrogens is 2. The quantitative estimate of drug-likeness (QED) is 0.742. The third kappa shape index (κ3) is 4.19. The van der Waals surface area contributed by atoms with Crippen molar-refractivity contribution in [3.63, 3.8) is 0 Å². The van der Waals surface area contributed by atoms with E-state index in [0.717, 1.165) is 30.6 Å². The van der Waals surface area contributed by atoms with E-state index in [4.69, 9.17) is 0 Å². The fourth-order valence-electron chi connectivity index (χ4n) is 3.66. The van der Waals surface area contributed by atoms with Crippen LogP contribution >= 0.6 is 0 Å². The van der Waals surface area contributed by atoms with Gasteiger partial charge >= 0.3 is 0 Å². The zero-order valence-corrected chi connectivity index (χ0v) is 16.0. The second-order valence-electron chi connectivity index (χ2n) is 7.35. The monoisotopic (exact) mass is 372 g/mol. The molecule has 3 aromatic rings. The second kappa shape index (κ2) is 8.21. The molecule has 0 unspecified atom stereocenters. The molecule has 1 fully saturated rings. The van der Waals surface area contributed by atoms with Crippen molar-refractivity contribution in [3.05, 3.63) is 78.4 Å². The molecular weight excluding hydrogens is 348 g/mol. The summed E-state index contributed by atoms with van der Waals surface area (Å²) in [4.78, 5) is 23.0. The van der Waals surface area contributed by atoms with E-state index in [1.54, 1.807) is 12.4 Å². The van der Waals surface area contributed by atoms with Crippen molar-refractivity contribution in [2.24, 2.45) is 5.92 Å². The molecule has 1 N–H and O–H groups in total. The number of benzene rings is 2. The molecule has 28 heavy (non-hydrogen) atoms. The fraction of sp³-hybridized carbons (Fsp3) is 0.261. The molecule has 0 radical (unpaired) electrons. The number of anilines is 1. The van der Waals surface area contributed by atoms with Crippen LogP contribution in [0, 0.1) is 12.8 Å². The number of carbonyl (C=O) groups is 1. The Hall–Kier alpha value is -3.21. The van der Waals surface area contributed by atoms with Crippen molar-refractivity contribution in [2.75, 3.05) is 24.5 Å². The first-order chi connectivity index (χ1) is 13.7. The van der Waals surface area contributed by atoms with Crippen LogP contribution in [-0.2, 0) is 0 Å². The van der Waals surface area contributed by atoms with E-state index in [-0.39, 0.29) is 5.91 Å². The smallest absolute Gasteiger partial charge is 0.251 e. The highest BCUT2D eigenvalue weighted by Crippen LogP contribution is 2.24. The first-order valence-electron chi connectivity index (χ1n) is 9.64. The lowest BCUT2D eigenvalue weighted by atomic mass is 10.1. The van der Waals surface area contributed by atoms with Gasteiger partial charge < -0.3 is 10.2 Å². The van der Waals surface area contributed by atoms with E-state index in [1.807, 2.05) is 24.3 Å². The van der Waals surface area contributed by atoms with Gasteiger partial charge in [-0.05, 0) is 54.7 Å². The molecule has 1 aromatic heterocycles. The van der Waals surface area contributed by atoms with Crippen LogP contribution in [0.1, 0.15) is 22.3 Å². The molecule has 1 atom stereocenters. The molecule has 5 heteroatoms. The van der Waals surface area contributed by atoms with Gasteiger partial charge in [-0.15, -0.1) is 0 Å². The highest BCUT2D eigenvalue weighted by atomic mass is 16.1. The summed E-state index contributed by atoms with van der Waals surface area (Å²) < 4.78 is 0. The Labute approximate surface area is 165 Å². The van der Waals surface area contributed by atoms with Crippen molar-refractivity contribution in [3.8, 4) is 11.1 Å². The predicted octanol–water partition coefficient (Wildman–Crippen LogP) is 3.71. The van der Waals surface area contributed by atoms with Gasteiger partial charge in [0, 0.05) is 48.8 Å². The normalized spacial score (nSPS) is 16.2. The van der Waals surface area contributed by atoms with E-state index >= 15 is 0 Å². The molecule has 142 valence electrons. The highest BCUT2D eigenvalue weighted by Gasteiger charge is 2.23. The molecule has 2 aromatic carbocycles. The van der Waals surface area contributed by atoms with Gasteiger partial charge in [0.05, 0.1) is 0 Å². The molecular formula is C23H24N4O. The first kappa shape index (κ1) is 18.2. The van der Waals surface area contributed by atoms with Crippen molar-refractivity contribution in [1.29, 1.82) is 0 Å². The average molecular weight is 372 g/mol. The van der Waals surface area contributed by atoms with Crippen LogP contribution in [0.15, 0.2) is 67.3 Å². The summed E-state index contributed by atoms with van der Waals surface area (Å²) in [5.41, 5.74) is 5.17. The molecule has 0 aliphatic carbocycles. The number of hydrogen-bond acceptors (Lipinski definition) is 4. The number of aryl methyl sites for hydroxylation is 1. The summed E-state index contributed by atoms with van der Waals surface area (Å²) in [6, 6.07) is 16.2. The van der Waals surface area contributed by atoms with Gasteiger partial charge in [0.1, 0.15) is 6.33 Å². The Morgan fingerprint density at radius 1 is 1.11 bits per heavy atom. The van der Waals surface area contributed by atoms with Crippen molar-refractivity contribution < 1.29 is 4.79 Å². The maximum atomic E-state index is 12.5. The van der Waals surface area contributed by atoms with Crippen LogP contribution in [0.3, 0.4) is 0 Å². The molecule has 0 saturated carbocycles. The number of hydrogen-bond donors (Lipinski definition) is 1. The summed E-state index contributed by atoms with van der Waals surface area (Å²) in [5, 5.41) is 3.09. The third-order valence-corrected chi connectivity index (χ3v) is 5.24. The van der Waals surface area contributed by atoms with Gasteiger partial charge in [0.2, 0.25) is 0 Å². The minimum atomic E-state index is -0.0233. The summed E-state index contributed by atoms with van der Waals surface area (Å²) in [5.74, 6) is 0.454. The SMILES string of the molecule is Cc1cccc(N2CC[C@H](CNC(=O)c3ccc(-c4cncnc4)cc3)C2)c1. The van der Waals surface area contributed by atoms with Crippen LogP contribution in [0.2, 0.25) is 0 Å². The summed E-state index contributed by atoms with van der Waals surface area (Å²) >= 11 is 0. The number of rotatable bonds is 5. The van der Waals surface area contributed by atoms with Gasteiger partial charge in [0.15, 0.2) is 0 Å². The third-order valence-electron chi connectivity index (χ3n) is 5.24. The lowest BCUT2D eigenvalue weighted by Crippen LogP contribution is -2.31. The number of nitrogens with zero attached hydrogens (tertiary/aromatic N) is 3. The van der Waals surface area contributed by atoms with Gasteiger partial charge in [-0.25, -0.2) is 9.97 Å². The fourth-order valence-corrected chi connectivity index (χ4v) is 3.66. The van der Waals surface area contributed by atoms with E-state index in [9.17, 15) is 4.79 Å². The van der Waals surface area contributed by atoms with Crippen LogP contribution in [0.4, 0.5) is 5.69 Å². The number of amides is 1.